The molecule has 1 heterocycles. The number of pyridine rings is 1. The molecular formula is C13H11ClN2O3. The first-order valence-electron chi connectivity index (χ1n) is 5.58. The second-order valence-electron chi connectivity index (χ2n) is 4.16. The molecule has 0 bridgehead atoms. The van der Waals surface area contributed by atoms with Crippen molar-refractivity contribution in [3.8, 4) is 0 Å². The molecule has 98 valence electrons. The Bertz CT molecular complexity index is 695. The van der Waals surface area contributed by atoms with Gasteiger partial charge in [-0.1, -0.05) is 17.7 Å². The summed E-state index contributed by atoms with van der Waals surface area (Å²) < 4.78 is 1.39. The average Bonchev–Trinajstić information content (AvgIpc) is 2.34. The van der Waals surface area contributed by atoms with E-state index in [1.807, 2.05) is 6.92 Å². The molecule has 0 saturated heterocycles. The number of aryl methyl sites for hydroxylation is 1. The van der Waals surface area contributed by atoms with Gasteiger partial charge < -0.3 is 4.57 Å². The summed E-state index contributed by atoms with van der Waals surface area (Å²) in [5, 5.41) is 11.2. The molecule has 0 spiro atoms. The molecule has 1 aromatic carbocycles. The number of halogens is 1. The summed E-state index contributed by atoms with van der Waals surface area (Å²) in [5.74, 6) is 0. The van der Waals surface area contributed by atoms with E-state index in [2.05, 4.69) is 0 Å². The van der Waals surface area contributed by atoms with Crippen LogP contribution >= 0.6 is 11.6 Å². The van der Waals surface area contributed by atoms with Crippen LogP contribution in [0.25, 0.3) is 0 Å². The molecule has 5 nitrogen and oxygen atoms in total. The molecule has 0 atom stereocenters. The van der Waals surface area contributed by atoms with Crippen LogP contribution in [0.1, 0.15) is 11.1 Å². The monoisotopic (exact) mass is 278 g/mol. The van der Waals surface area contributed by atoms with Crippen LogP contribution in [0.2, 0.25) is 5.02 Å². The van der Waals surface area contributed by atoms with Crippen molar-refractivity contribution < 1.29 is 4.92 Å². The van der Waals surface area contributed by atoms with Crippen LogP contribution < -0.4 is 5.56 Å². The second kappa shape index (κ2) is 5.24. The van der Waals surface area contributed by atoms with Gasteiger partial charge in [0.05, 0.1) is 22.1 Å². The zero-order valence-corrected chi connectivity index (χ0v) is 10.9. The molecule has 0 aliphatic carbocycles. The Kier molecular flexibility index (Phi) is 3.66. The zero-order chi connectivity index (χ0) is 14.0. The Morgan fingerprint density at radius 3 is 2.74 bits per heavy atom. The summed E-state index contributed by atoms with van der Waals surface area (Å²) in [6, 6.07) is 7.71. The molecule has 0 amide bonds. The highest BCUT2D eigenvalue weighted by Gasteiger charge is 2.17. The summed E-state index contributed by atoms with van der Waals surface area (Å²) in [4.78, 5) is 22.3. The van der Waals surface area contributed by atoms with Crippen LogP contribution in [0.5, 0.6) is 0 Å². The summed E-state index contributed by atoms with van der Waals surface area (Å²) in [6.45, 7) is 1.89. The number of aromatic nitrogens is 1. The summed E-state index contributed by atoms with van der Waals surface area (Å²) in [7, 11) is 0. The lowest BCUT2D eigenvalue weighted by Crippen LogP contribution is -2.20. The van der Waals surface area contributed by atoms with Crippen molar-refractivity contribution in [2.45, 2.75) is 13.5 Å². The normalized spacial score (nSPS) is 10.4. The number of nitro benzene ring substituents is 1. The quantitative estimate of drug-likeness (QED) is 0.640. The summed E-state index contributed by atoms with van der Waals surface area (Å²) >= 11 is 5.99. The molecule has 2 aromatic rings. The van der Waals surface area contributed by atoms with Crippen molar-refractivity contribution >= 4 is 17.3 Å². The van der Waals surface area contributed by atoms with Gasteiger partial charge in [-0.2, -0.15) is 0 Å². The van der Waals surface area contributed by atoms with E-state index in [1.165, 1.54) is 22.8 Å². The molecule has 0 radical (unpaired) electrons. The van der Waals surface area contributed by atoms with Crippen LogP contribution in [-0.4, -0.2) is 9.49 Å². The van der Waals surface area contributed by atoms with Crippen molar-refractivity contribution in [3.63, 3.8) is 0 Å². The molecule has 0 aliphatic heterocycles. The third-order valence-electron chi connectivity index (χ3n) is 2.77. The first kappa shape index (κ1) is 13.3. The molecule has 2 rings (SSSR count). The molecule has 0 saturated carbocycles. The summed E-state index contributed by atoms with van der Waals surface area (Å²) in [6.07, 6.45) is 1.60. The smallest absolute Gasteiger partial charge is 0.275 e. The van der Waals surface area contributed by atoms with Gasteiger partial charge in [0.2, 0.25) is 0 Å². The number of nitrogens with zero attached hydrogens (tertiary/aromatic N) is 2. The lowest BCUT2D eigenvalue weighted by molar-refractivity contribution is -0.385. The Morgan fingerprint density at radius 1 is 1.37 bits per heavy atom. The number of benzene rings is 1. The van der Waals surface area contributed by atoms with Crippen molar-refractivity contribution in [3.05, 3.63) is 73.1 Å². The van der Waals surface area contributed by atoms with Crippen molar-refractivity contribution in [2.75, 3.05) is 0 Å². The molecule has 1 aromatic heterocycles. The van der Waals surface area contributed by atoms with Crippen LogP contribution in [0.4, 0.5) is 5.69 Å². The Morgan fingerprint density at radius 2 is 2.11 bits per heavy atom. The zero-order valence-electron chi connectivity index (χ0n) is 10.2. The third-order valence-corrected chi connectivity index (χ3v) is 3.12. The van der Waals surface area contributed by atoms with E-state index in [4.69, 9.17) is 11.6 Å². The minimum atomic E-state index is -0.500. The topological polar surface area (TPSA) is 65.1 Å². The predicted octanol–water partition coefficient (Wildman–Crippen LogP) is 2.77. The highest BCUT2D eigenvalue weighted by molar-refractivity contribution is 6.31. The SMILES string of the molecule is Cc1ccn(Cc2c(Cl)cccc2[N+](=O)[O-])c(=O)c1. The van der Waals surface area contributed by atoms with Crippen molar-refractivity contribution in [1.82, 2.24) is 4.57 Å². The fourth-order valence-electron chi connectivity index (χ4n) is 1.78. The highest BCUT2D eigenvalue weighted by atomic mass is 35.5. The standard InChI is InChI=1S/C13H11ClN2O3/c1-9-5-6-15(13(17)7-9)8-10-11(14)3-2-4-12(10)16(18)19/h2-7H,8H2,1H3. The Labute approximate surface area is 114 Å². The van der Waals surface area contributed by atoms with Gasteiger partial charge in [0.25, 0.3) is 11.2 Å². The predicted molar refractivity (Wildman–Crippen MR) is 72.6 cm³/mol. The number of nitro groups is 1. The fourth-order valence-corrected chi connectivity index (χ4v) is 2.01. The average molecular weight is 279 g/mol. The maximum absolute atomic E-state index is 11.8. The van der Waals surface area contributed by atoms with Crippen molar-refractivity contribution in [1.29, 1.82) is 0 Å². The van der Waals surface area contributed by atoms with Gasteiger partial charge in [-0.25, -0.2) is 0 Å². The first-order valence-corrected chi connectivity index (χ1v) is 5.95. The van der Waals surface area contributed by atoms with E-state index in [-0.39, 0.29) is 22.8 Å². The number of hydrogen-bond acceptors (Lipinski definition) is 3. The number of hydrogen-bond donors (Lipinski definition) is 0. The van der Waals surface area contributed by atoms with Gasteiger partial charge in [0, 0.05) is 18.3 Å². The summed E-state index contributed by atoms with van der Waals surface area (Å²) in [5.41, 5.74) is 0.879. The van der Waals surface area contributed by atoms with Crippen molar-refractivity contribution in [2.24, 2.45) is 0 Å². The minimum Gasteiger partial charge on any atom is -0.311 e. The lowest BCUT2D eigenvalue weighted by Gasteiger charge is -2.08. The first-order chi connectivity index (χ1) is 8.99. The Balaban J connectivity index is 2.49. The molecule has 19 heavy (non-hydrogen) atoms. The minimum absolute atomic E-state index is 0.0785. The van der Waals surface area contributed by atoms with Gasteiger partial charge in [0.15, 0.2) is 0 Å². The third kappa shape index (κ3) is 2.82. The molecular weight excluding hydrogens is 268 g/mol. The Hall–Kier alpha value is -2.14. The van der Waals surface area contributed by atoms with Crippen LogP contribution in [0, 0.1) is 17.0 Å². The van der Waals surface area contributed by atoms with E-state index in [9.17, 15) is 14.9 Å². The second-order valence-corrected chi connectivity index (χ2v) is 4.57. The van der Waals surface area contributed by atoms with E-state index in [0.29, 0.717) is 5.56 Å². The van der Waals surface area contributed by atoms with Gasteiger partial charge in [0.1, 0.15) is 0 Å². The molecule has 0 N–H and O–H groups in total. The van der Waals surface area contributed by atoms with Crippen LogP contribution in [0.15, 0.2) is 41.3 Å². The molecule has 6 heteroatoms. The van der Waals surface area contributed by atoms with Gasteiger partial charge in [-0.15, -0.1) is 0 Å². The molecule has 0 unspecified atom stereocenters. The van der Waals surface area contributed by atoms with Gasteiger partial charge in [-0.3, -0.25) is 14.9 Å². The van der Waals surface area contributed by atoms with E-state index in [0.717, 1.165) is 5.56 Å². The van der Waals surface area contributed by atoms with Gasteiger partial charge in [-0.05, 0) is 24.6 Å². The van der Waals surface area contributed by atoms with Gasteiger partial charge >= 0.3 is 0 Å². The molecule has 0 aliphatic rings. The van der Waals surface area contributed by atoms with E-state index in [1.54, 1.807) is 18.3 Å². The number of rotatable bonds is 3. The van der Waals surface area contributed by atoms with E-state index < -0.39 is 4.92 Å². The van der Waals surface area contributed by atoms with Crippen LogP contribution in [-0.2, 0) is 6.54 Å². The largest absolute Gasteiger partial charge is 0.311 e. The highest BCUT2D eigenvalue weighted by Crippen LogP contribution is 2.26. The lowest BCUT2D eigenvalue weighted by atomic mass is 10.1. The maximum Gasteiger partial charge on any atom is 0.275 e. The fraction of sp³-hybridized carbons (Fsp3) is 0.154. The van der Waals surface area contributed by atoms with E-state index >= 15 is 0 Å². The molecule has 0 fully saturated rings. The van der Waals surface area contributed by atoms with Crippen LogP contribution in [0.3, 0.4) is 0 Å². The maximum atomic E-state index is 11.8.